The van der Waals surface area contributed by atoms with E-state index in [-0.39, 0.29) is 12.6 Å². The Morgan fingerprint density at radius 1 is 1.57 bits per heavy atom. The Kier molecular flexibility index (Phi) is 4.06. The summed E-state index contributed by atoms with van der Waals surface area (Å²) in [5, 5.41) is 0. The van der Waals surface area contributed by atoms with Crippen LogP contribution in [0.1, 0.15) is 26.7 Å². The van der Waals surface area contributed by atoms with Crippen molar-refractivity contribution in [2.75, 3.05) is 6.67 Å². The summed E-state index contributed by atoms with van der Waals surface area (Å²) < 4.78 is 11.6. The molecule has 0 N–H and O–H groups in total. The molecule has 0 aromatic carbocycles. The molecular formula is C6H13F. The highest BCUT2D eigenvalue weighted by atomic mass is 19.1. The summed E-state index contributed by atoms with van der Waals surface area (Å²) in [6.07, 6.45) is 2.13. The Morgan fingerprint density at radius 2 is 2.14 bits per heavy atom. The van der Waals surface area contributed by atoms with Gasteiger partial charge in [-0.15, -0.1) is 0 Å². The zero-order valence-corrected chi connectivity index (χ0v) is 5.08. The highest BCUT2D eigenvalue weighted by Crippen LogP contribution is 2.03. The molecule has 1 atom stereocenters. The molecule has 0 saturated heterocycles. The van der Waals surface area contributed by atoms with Crippen molar-refractivity contribution in [1.29, 1.82) is 0 Å². The van der Waals surface area contributed by atoms with Gasteiger partial charge in [-0.25, -0.2) is 0 Å². The number of alkyl halides is 1. The zero-order valence-electron chi connectivity index (χ0n) is 5.08. The second-order valence-electron chi connectivity index (χ2n) is 2.05. The van der Waals surface area contributed by atoms with Crippen LogP contribution >= 0.6 is 0 Å². The van der Waals surface area contributed by atoms with Crippen molar-refractivity contribution in [2.24, 2.45) is 5.92 Å². The van der Waals surface area contributed by atoms with Gasteiger partial charge in [-0.1, -0.05) is 20.3 Å². The SMILES string of the molecule is CCC[C@@H](C)CF. The number of hydrogen-bond donors (Lipinski definition) is 0. The van der Waals surface area contributed by atoms with E-state index in [1.54, 1.807) is 0 Å². The highest BCUT2D eigenvalue weighted by Gasteiger charge is 1.95. The van der Waals surface area contributed by atoms with Crippen LogP contribution in [0, 0.1) is 5.92 Å². The van der Waals surface area contributed by atoms with E-state index in [0.717, 1.165) is 12.8 Å². The van der Waals surface area contributed by atoms with Gasteiger partial charge in [0.25, 0.3) is 0 Å². The molecule has 0 saturated carbocycles. The molecule has 0 nitrogen and oxygen atoms in total. The molecule has 0 aliphatic rings. The van der Waals surface area contributed by atoms with Crippen LogP contribution in [0.2, 0.25) is 0 Å². The quantitative estimate of drug-likeness (QED) is 0.515. The van der Waals surface area contributed by atoms with E-state index in [2.05, 4.69) is 6.92 Å². The van der Waals surface area contributed by atoms with Gasteiger partial charge in [-0.2, -0.15) is 0 Å². The van der Waals surface area contributed by atoms with Gasteiger partial charge >= 0.3 is 0 Å². The second-order valence-corrected chi connectivity index (χ2v) is 2.05. The van der Waals surface area contributed by atoms with Gasteiger partial charge in [0.2, 0.25) is 0 Å². The van der Waals surface area contributed by atoms with E-state index in [1.165, 1.54) is 0 Å². The number of hydrogen-bond acceptors (Lipinski definition) is 0. The summed E-state index contributed by atoms with van der Waals surface area (Å²) in [6, 6.07) is 0. The molecule has 44 valence electrons. The lowest BCUT2D eigenvalue weighted by molar-refractivity contribution is 0.364. The molecule has 0 aliphatic heterocycles. The summed E-state index contributed by atoms with van der Waals surface area (Å²) in [4.78, 5) is 0. The lowest BCUT2D eigenvalue weighted by Gasteiger charge is -1.99. The lowest BCUT2D eigenvalue weighted by atomic mass is 10.1. The first-order valence-corrected chi connectivity index (χ1v) is 2.87. The van der Waals surface area contributed by atoms with Crippen molar-refractivity contribution in [2.45, 2.75) is 26.7 Å². The second kappa shape index (κ2) is 4.10. The van der Waals surface area contributed by atoms with Crippen molar-refractivity contribution >= 4 is 0 Å². The summed E-state index contributed by atoms with van der Waals surface area (Å²) in [5.41, 5.74) is 0. The minimum atomic E-state index is -0.159. The summed E-state index contributed by atoms with van der Waals surface area (Å²) in [6.45, 7) is 3.85. The van der Waals surface area contributed by atoms with Crippen molar-refractivity contribution in [3.05, 3.63) is 0 Å². The van der Waals surface area contributed by atoms with Gasteiger partial charge in [-0.3, -0.25) is 4.39 Å². The highest BCUT2D eigenvalue weighted by molar-refractivity contribution is 4.46. The zero-order chi connectivity index (χ0) is 5.70. The Hall–Kier alpha value is -0.0700. The summed E-state index contributed by atoms with van der Waals surface area (Å²) >= 11 is 0. The third-order valence-electron chi connectivity index (χ3n) is 1.04. The van der Waals surface area contributed by atoms with E-state index < -0.39 is 0 Å². The topological polar surface area (TPSA) is 0 Å². The molecule has 0 aliphatic carbocycles. The van der Waals surface area contributed by atoms with Crippen LogP contribution in [0.4, 0.5) is 4.39 Å². The maximum atomic E-state index is 11.6. The van der Waals surface area contributed by atoms with Gasteiger partial charge in [-0.05, 0) is 12.3 Å². The van der Waals surface area contributed by atoms with E-state index in [4.69, 9.17) is 0 Å². The normalized spacial score (nSPS) is 14.1. The first-order valence-electron chi connectivity index (χ1n) is 2.87. The molecule has 0 rings (SSSR count). The summed E-state index contributed by atoms with van der Waals surface area (Å²) in [7, 11) is 0. The van der Waals surface area contributed by atoms with E-state index >= 15 is 0 Å². The van der Waals surface area contributed by atoms with Gasteiger partial charge in [0.05, 0.1) is 6.67 Å². The van der Waals surface area contributed by atoms with Gasteiger partial charge in [0, 0.05) is 0 Å². The molecular weight excluding hydrogens is 91.1 g/mol. The minimum absolute atomic E-state index is 0.159. The molecule has 7 heavy (non-hydrogen) atoms. The fraction of sp³-hybridized carbons (Fsp3) is 1.00. The van der Waals surface area contributed by atoms with Crippen molar-refractivity contribution in [3.63, 3.8) is 0 Å². The Labute approximate surface area is 44.7 Å². The fourth-order valence-corrected chi connectivity index (χ4v) is 0.570. The largest absolute Gasteiger partial charge is 0.251 e. The van der Waals surface area contributed by atoms with Crippen LogP contribution in [0.3, 0.4) is 0 Å². The third kappa shape index (κ3) is 3.77. The molecule has 1 heteroatoms. The van der Waals surface area contributed by atoms with Gasteiger partial charge < -0.3 is 0 Å². The first-order chi connectivity index (χ1) is 3.31. The fourth-order valence-electron chi connectivity index (χ4n) is 0.570. The molecule has 0 heterocycles. The first kappa shape index (κ1) is 6.93. The maximum Gasteiger partial charge on any atom is 0.0919 e. The molecule has 0 spiro atoms. The lowest BCUT2D eigenvalue weighted by Crippen LogP contribution is -1.93. The van der Waals surface area contributed by atoms with E-state index in [1.807, 2.05) is 6.92 Å². The van der Waals surface area contributed by atoms with Crippen LogP contribution < -0.4 is 0 Å². The standard InChI is InChI=1S/C6H13F/c1-3-4-6(2)5-7/h6H,3-5H2,1-2H3/t6-/m1/s1. The predicted octanol–water partition coefficient (Wildman–Crippen LogP) is 2.39. The van der Waals surface area contributed by atoms with Gasteiger partial charge in [0.15, 0.2) is 0 Å². The Balaban J connectivity index is 2.83. The van der Waals surface area contributed by atoms with Crippen LogP contribution in [-0.2, 0) is 0 Å². The van der Waals surface area contributed by atoms with Crippen molar-refractivity contribution in [1.82, 2.24) is 0 Å². The smallest absolute Gasteiger partial charge is 0.0919 e. The summed E-state index contributed by atoms with van der Waals surface area (Å²) in [5.74, 6) is 0.282. The number of rotatable bonds is 3. The molecule has 0 aromatic rings. The Bertz CT molecular complexity index is 35.2. The number of halogens is 1. The molecule has 0 fully saturated rings. The van der Waals surface area contributed by atoms with Crippen LogP contribution in [0.5, 0.6) is 0 Å². The van der Waals surface area contributed by atoms with Crippen molar-refractivity contribution in [3.8, 4) is 0 Å². The van der Waals surface area contributed by atoms with E-state index in [9.17, 15) is 4.39 Å². The molecule has 0 bridgehead atoms. The predicted molar refractivity (Wildman–Crippen MR) is 30.0 cm³/mol. The molecule has 0 amide bonds. The van der Waals surface area contributed by atoms with Crippen molar-refractivity contribution < 1.29 is 4.39 Å². The molecule has 0 unspecified atom stereocenters. The van der Waals surface area contributed by atoms with Crippen LogP contribution in [-0.4, -0.2) is 6.67 Å². The van der Waals surface area contributed by atoms with Crippen LogP contribution in [0.15, 0.2) is 0 Å². The Morgan fingerprint density at radius 3 is 2.29 bits per heavy atom. The third-order valence-corrected chi connectivity index (χ3v) is 1.04. The van der Waals surface area contributed by atoms with Gasteiger partial charge in [0.1, 0.15) is 0 Å². The minimum Gasteiger partial charge on any atom is -0.251 e. The maximum absolute atomic E-state index is 11.6. The average molecular weight is 104 g/mol. The van der Waals surface area contributed by atoms with Crippen LogP contribution in [0.25, 0.3) is 0 Å². The molecule has 0 radical (unpaired) electrons. The average Bonchev–Trinajstić information content (AvgIpc) is 1.68. The molecule has 0 aromatic heterocycles. The monoisotopic (exact) mass is 104 g/mol. The van der Waals surface area contributed by atoms with E-state index in [0.29, 0.717) is 0 Å².